The summed E-state index contributed by atoms with van der Waals surface area (Å²) in [6.07, 6.45) is 14.3. The third-order valence-corrected chi connectivity index (χ3v) is 7.81. The van der Waals surface area contributed by atoms with E-state index in [-0.39, 0.29) is 0 Å². The molecule has 3 heteroatoms. The van der Waals surface area contributed by atoms with Crippen LogP contribution in [0.3, 0.4) is 0 Å². The second kappa shape index (κ2) is 7.66. The molecule has 0 saturated heterocycles. The minimum atomic E-state index is -1.45. The molecule has 0 aromatic heterocycles. The zero-order valence-electron chi connectivity index (χ0n) is 12.2. The molecular formula is C15H30O2Si. The maximum atomic E-state index is 5.78. The molecule has 2 nitrogen and oxygen atoms in total. The molecular weight excluding hydrogens is 240 g/mol. The lowest BCUT2D eigenvalue weighted by Crippen LogP contribution is -2.37. The van der Waals surface area contributed by atoms with E-state index < -0.39 is 9.28 Å². The second-order valence-corrected chi connectivity index (χ2v) is 8.66. The van der Waals surface area contributed by atoms with Crippen LogP contribution in [0.15, 0.2) is 0 Å². The highest BCUT2D eigenvalue weighted by Crippen LogP contribution is 2.45. The van der Waals surface area contributed by atoms with E-state index in [0.717, 1.165) is 17.4 Å². The van der Waals surface area contributed by atoms with E-state index in [0.29, 0.717) is 0 Å². The lowest BCUT2D eigenvalue weighted by atomic mass is 9.77. The van der Waals surface area contributed by atoms with Crippen molar-refractivity contribution in [3.8, 4) is 0 Å². The molecule has 0 aliphatic heterocycles. The molecule has 0 heterocycles. The van der Waals surface area contributed by atoms with Crippen LogP contribution in [-0.4, -0.2) is 23.5 Å². The van der Waals surface area contributed by atoms with E-state index in [9.17, 15) is 0 Å². The molecule has 106 valence electrons. The highest BCUT2D eigenvalue weighted by atomic mass is 28.3. The summed E-state index contributed by atoms with van der Waals surface area (Å²) in [6.45, 7) is 0. The Labute approximate surface area is 114 Å². The van der Waals surface area contributed by atoms with E-state index in [1.165, 1.54) is 64.2 Å². The van der Waals surface area contributed by atoms with Crippen LogP contribution in [0.4, 0.5) is 0 Å². The maximum absolute atomic E-state index is 5.78. The van der Waals surface area contributed by atoms with Gasteiger partial charge in [-0.3, -0.25) is 0 Å². The molecule has 2 saturated carbocycles. The molecule has 0 radical (unpaired) electrons. The number of hydrogen-bond acceptors (Lipinski definition) is 2. The molecule has 0 spiro atoms. The van der Waals surface area contributed by atoms with Crippen molar-refractivity contribution >= 4 is 9.28 Å². The second-order valence-electron chi connectivity index (χ2n) is 6.21. The minimum Gasteiger partial charge on any atom is -0.400 e. The minimum absolute atomic E-state index is 0.778. The molecule has 0 bridgehead atoms. The Balaban J connectivity index is 2.04. The summed E-state index contributed by atoms with van der Waals surface area (Å²) in [6, 6.07) is 0. The SMILES string of the molecule is CO[SiH](OC)C(C1CCCCC1)C1CCCCC1. The molecule has 2 aliphatic carbocycles. The van der Waals surface area contributed by atoms with Crippen LogP contribution in [0.1, 0.15) is 64.2 Å². The van der Waals surface area contributed by atoms with Gasteiger partial charge in [-0.25, -0.2) is 0 Å². The van der Waals surface area contributed by atoms with Gasteiger partial charge in [0, 0.05) is 19.8 Å². The molecule has 0 N–H and O–H groups in total. The fourth-order valence-corrected chi connectivity index (χ4v) is 6.76. The van der Waals surface area contributed by atoms with Gasteiger partial charge in [-0.2, -0.15) is 0 Å². The van der Waals surface area contributed by atoms with Crippen LogP contribution in [0.5, 0.6) is 0 Å². The van der Waals surface area contributed by atoms with Gasteiger partial charge < -0.3 is 8.85 Å². The van der Waals surface area contributed by atoms with Crippen molar-refractivity contribution in [2.45, 2.75) is 69.7 Å². The first-order chi connectivity index (χ1) is 8.86. The Kier molecular flexibility index (Phi) is 6.19. The first kappa shape index (κ1) is 14.5. The number of rotatable bonds is 5. The van der Waals surface area contributed by atoms with Crippen LogP contribution in [0.25, 0.3) is 0 Å². The Morgan fingerprint density at radius 2 is 1.11 bits per heavy atom. The van der Waals surface area contributed by atoms with Crippen molar-refractivity contribution in [2.24, 2.45) is 11.8 Å². The van der Waals surface area contributed by atoms with Crippen molar-refractivity contribution in [3.63, 3.8) is 0 Å². The predicted molar refractivity (Wildman–Crippen MR) is 78.1 cm³/mol. The summed E-state index contributed by atoms with van der Waals surface area (Å²) in [7, 11) is 2.29. The Hall–Kier alpha value is 0.137. The summed E-state index contributed by atoms with van der Waals surface area (Å²) < 4.78 is 11.6. The summed E-state index contributed by atoms with van der Waals surface area (Å²) >= 11 is 0. The van der Waals surface area contributed by atoms with Crippen LogP contribution >= 0.6 is 0 Å². The van der Waals surface area contributed by atoms with Gasteiger partial charge in [0.05, 0.1) is 0 Å². The van der Waals surface area contributed by atoms with E-state index in [2.05, 4.69) is 0 Å². The van der Waals surface area contributed by atoms with Gasteiger partial charge >= 0.3 is 9.28 Å². The zero-order chi connectivity index (χ0) is 12.8. The largest absolute Gasteiger partial charge is 0.400 e. The standard InChI is InChI=1S/C15H30O2Si/c1-16-18(17-2)15(13-9-5-3-6-10-13)14-11-7-4-8-12-14/h13-15,18H,3-12H2,1-2H3. The van der Waals surface area contributed by atoms with Crippen molar-refractivity contribution in [2.75, 3.05) is 14.2 Å². The average molecular weight is 270 g/mol. The maximum Gasteiger partial charge on any atom is 0.324 e. The molecule has 2 aliphatic rings. The van der Waals surface area contributed by atoms with Crippen LogP contribution in [-0.2, 0) is 8.85 Å². The van der Waals surface area contributed by atoms with E-state index in [1.54, 1.807) is 0 Å². The molecule has 0 amide bonds. The van der Waals surface area contributed by atoms with Crippen molar-refractivity contribution < 1.29 is 8.85 Å². The molecule has 0 unspecified atom stereocenters. The van der Waals surface area contributed by atoms with Crippen LogP contribution in [0, 0.1) is 11.8 Å². The van der Waals surface area contributed by atoms with Gasteiger partial charge in [-0.15, -0.1) is 0 Å². The topological polar surface area (TPSA) is 18.5 Å². The van der Waals surface area contributed by atoms with E-state index >= 15 is 0 Å². The van der Waals surface area contributed by atoms with E-state index in [1.807, 2.05) is 14.2 Å². The van der Waals surface area contributed by atoms with Gasteiger partial charge in [-0.05, 0) is 11.8 Å². The molecule has 2 fully saturated rings. The van der Waals surface area contributed by atoms with Gasteiger partial charge in [0.15, 0.2) is 0 Å². The quantitative estimate of drug-likeness (QED) is 0.702. The predicted octanol–water partition coefficient (Wildman–Crippen LogP) is 4.03. The summed E-state index contributed by atoms with van der Waals surface area (Å²) in [4.78, 5) is 0. The fourth-order valence-electron chi connectivity index (χ4n) is 4.28. The van der Waals surface area contributed by atoms with Gasteiger partial charge in [0.25, 0.3) is 0 Å². The fraction of sp³-hybridized carbons (Fsp3) is 1.00. The van der Waals surface area contributed by atoms with Crippen LogP contribution < -0.4 is 0 Å². The highest BCUT2D eigenvalue weighted by molar-refractivity contribution is 6.46. The highest BCUT2D eigenvalue weighted by Gasteiger charge is 2.39. The Morgan fingerprint density at radius 3 is 1.44 bits per heavy atom. The lowest BCUT2D eigenvalue weighted by molar-refractivity contribution is 0.180. The first-order valence-electron chi connectivity index (χ1n) is 7.92. The van der Waals surface area contributed by atoms with Gasteiger partial charge in [0.2, 0.25) is 0 Å². The third-order valence-electron chi connectivity index (χ3n) is 5.17. The van der Waals surface area contributed by atoms with Gasteiger partial charge in [-0.1, -0.05) is 64.2 Å². The Morgan fingerprint density at radius 1 is 0.722 bits per heavy atom. The average Bonchev–Trinajstić information content (AvgIpc) is 2.46. The van der Waals surface area contributed by atoms with E-state index in [4.69, 9.17) is 8.85 Å². The van der Waals surface area contributed by atoms with Crippen LogP contribution in [0.2, 0.25) is 5.54 Å². The monoisotopic (exact) mass is 270 g/mol. The van der Waals surface area contributed by atoms with Crippen molar-refractivity contribution in [3.05, 3.63) is 0 Å². The molecule has 0 aromatic carbocycles. The summed E-state index contributed by atoms with van der Waals surface area (Å²) in [5.41, 5.74) is 0.778. The van der Waals surface area contributed by atoms with Crippen molar-refractivity contribution in [1.82, 2.24) is 0 Å². The normalized spacial score (nSPS) is 24.0. The molecule has 2 rings (SSSR count). The summed E-state index contributed by atoms with van der Waals surface area (Å²) in [5, 5.41) is 0. The Bertz CT molecular complexity index is 201. The molecule has 0 atom stereocenters. The van der Waals surface area contributed by atoms with Gasteiger partial charge in [0.1, 0.15) is 0 Å². The molecule has 0 aromatic rings. The number of hydrogen-bond donors (Lipinski definition) is 0. The van der Waals surface area contributed by atoms with Crippen molar-refractivity contribution in [1.29, 1.82) is 0 Å². The third kappa shape index (κ3) is 3.58. The summed E-state index contributed by atoms with van der Waals surface area (Å²) in [5.74, 6) is 1.80. The lowest BCUT2D eigenvalue weighted by Gasteiger charge is -2.39. The molecule has 18 heavy (non-hydrogen) atoms. The smallest absolute Gasteiger partial charge is 0.324 e. The zero-order valence-corrected chi connectivity index (χ0v) is 13.4. The first-order valence-corrected chi connectivity index (χ1v) is 9.53.